The van der Waals surface area contributed by atoms with Gasteiger partial charge in [0.05, 0.1) is 33.4 Å². The summed E-state index contributed by atoms with van der Waals surface area (Å²) in [6, 6.07) is 53.0. The van der Waals surface area contributed by atoms with E-state index in [2.05, 4.69) is 155 Å². The maximum absolute atomic E-state index is 2.46. The van der Waals surface area contributed by atoms with Gasteiger partial charge in [-0.15, -0.1) is 0 Å². The largest absolute Gasteiger partial charge is 0.309 e. The van der Waals surface area contributed by atoms with Crippen LogP contribution in [-0.2, 0) is 0 Å². The molecule has 2 aromatic heterocycles. The highest BCUT2D eigenvalue weighted by atomic mass is 15.0. The van der Waals surface area contributed by atoms with Crippen LogP contribution in [0.4, 0.5) is 0 Å². The Morgan fingerprint density at radius 2 is 0.675 bits per heavy atom. The lowest BCUT2D eigenvalue weighted by Gasteiger charge is -2.13. The monoisotopic (exact) mass is 508 g/mol. The molecule has 0 aliphatic carbocycles. The van der Waals surface area contributed by atoms with Crippen molar-refractivity contribution >= 4 is 65.2 Å². The van der Waals surface area contributed by atoms with Crippen LogP contribution in [0.3, 0.4) is 0 Å². The lowest BCUT2D eigenvalue weighted by molar-refractivity contribution is 1.18. The number of nitrogens with zero attached hydrogens (tertiary/aromatic N) is 2. The molecule has 0 amide bonds. The van der Waals surface area contributed by atoms with Crippen molar-refractivity contribution in [2.45, 2.75) is 0 Å². The van der Waals surface area contributed by atoms with E-state index in [0.29, 0.717) is 0 Å². The molecule has 0 bridgehead atoms. The van der Waals surface area contributed by atoms with E-state index in [4.69, 9.17) is 0 Å². The first-order valence-corrected chi connectivity index (χ1v) is 13.8. The Labute approximate surface area is 230 Å². The van der Waals surface area contributed by atoms with Crippen LogP contribution < -0.4 is 0 Å². The molecule has 0 saturated carbocycles. The Morgan fingerprint density at radius 3 is 1.18 bits per heavy atom. The van der Waals surface area contributed by atoms with Gasteiger partial charge in [-0.05, 0) is 47.2 Å². The topological polar surface area (TPSA) is 9.86 Å². The summed E-state index contributed by atoms with van der Waals surface area (Å²) >= 11 is 0. The van der Waals surface area contributed by atoms with Crippen LogP contribution in [-0.4, -0.2) is 9.13 Å². The summed E-state index contributed by atoms with van der Waals surface area (Å²) in [6.45, 7) is 0. The summed E-state index contributed by atoms with van der Waals surface area (Å²) in [6.07, 6.45) is 0. The summed E-state index contributed by atoms with van der Waals surface area (Å²) in [7, 11) is 0. The van der Waals surface area contributed by atoms with Gasteiger partial charge in [-0.2, -0.15) is 0 Å². The minimum atomic E-state index is 1.21. The van der Waals surface area contributed by atoms with Gasteiger partial charge in [0, 0.05) is 32.3 Å². The molecule has 0 aliphatic rings. The number of hydrogen-bond acceptors (Lipinski definition) is 0. The quantitative estimate of drug-likeness (QED) is 0.220. The fourth-order valence-corrected chi connectivity index (χ4v) is 6.76. The van der Waals surface area contributed by atoms with Crippen molar-refractivity contribution in [3.63, 3.8) is 0 Å². The third kappa shape index (κ3) is 2.88. The van der Waals surface area contributed by atoms with Gasteiger partial charge in [-0.1, -0.05) is 109 Å². The van der Waals surface area contributed by atoms with Crippen molar-refractivity contribution in [2.24, 2.45) is 0 Å². The number of fused-ring (bicyclic) bond motifs is 8. The molecule has 9 aromatic rings. The second-order valence-electron chi connectivity index (χ2n) is 10.6. The highest BCUT2D eigenvalue weighted by Crippen LogP contribution is 2.41. The first-order chi connectivity index (χ1) is 19.9. The zero-order valence-electron chi connectivity index (χ0n) is 21.8. The second-order valence-corrected chi connectivity index (χ2v) is 10.6. The van der Waals surface area contributed by atoms with Crippen molar-refractivity contribution < 1.29 is 0 Å². The first kappa shape index (κ1) is 21.6. The van der Waals surface area contributed by atoms with E-state index in [1.807, 2.05) is 0 Å². The Balaban J connectivity index is 1.49. The average molecular weight is 509 g/mol. The Hall–Kier alpha value is -5.34. The van der Waals surface area contributed by atoms with Gasteiger partial charge in [-0.3, -0.25) is 0 Å². The van der Waals surface area contributed by atoms with Gasteiger partial charge in [0.15, 0.2) is 0 Å². The van der Waals surface area contributed by atoms with E-state index in [9.17, 15) is 0 Å². The summed E-state index contributed by atoms with van der Waals surface area (Å²) in [5.41, 5.74) is 7.29. The molecule has 0 N–H and O–H groups in total. The van der Waals surface area contributed by atoms with Gasteiger partial charge in [0.25, 0.3) is 0 Å². The van der Waals surface area contributed by atoms with E-state index in [0.717, 1.165) is 0 Å². The summed E-state index contributed by atoms with van der Waals surface area (Å²) in [5.74, 6) is 0. The minimum absolute atomic E-state index is 1.21. The van der Waals surface area contributed by atoms with Crippen molar-refractivity contribution in [3.8, 4) is 11.4 Å². The first-order valence-electron chi connectivity index (χ1n) is 13.8. The number of benzene rings is 7. The third-order valence-electron chi connectivity index (χ3n) is 8.48. The van der Waals surface area contributed by atoms with E-state index < -0.39 is 0 Å². The van der Waals surface area contributed by atoms with E-state index in [1.165, 1.54) is 76.5 Å². The lowest BCUT2D eigenvalue weighted by Crippen LogP contribution is -1.97. The Kier molecular flexibility index (Phi) is 4.36. The highest BCUT2D eigenvalue weighted by molar-refractivity contribution is 6.20. The summed E-state index contributed by atoms with van der Waals surface area (Å²) in [5, 5.41) is 10.1. The van der Waals surface area contributed by atoms with Gasteiger partial charge in [0.2, 0.25) is 0 Å². The Bertz CT molecular complexity index is 2260. The van der Waals surface area contributed by atoms with Crippen LogP contribution in [0.2, 0.25) is 0 Å². The Morgan fingerprint density at radius 1 is 0.275 bits per heavy atom. The second kappa shape index (κ2) is 8.08. The highest BCUT2D eigenvalue weighted by Gasteiger charge is 2.19. The maximum atomic E-state index is 2.46. The molecular weight excluding hydrogens is 484 g/mol. The average Bonchev–Trinajstić information content (AvgIpc) is 3.51. The van der Waals surface area contributed by atoms with Crippen LogP contribution >= 0.6 is 0 Å². The van der Waals surface area contributed by atoms with E-state index >= 15 is 0 Å². The molecule has 186 valence electrons. The summed E-state index contributed by atoms with van der Waals surface area (Å²) in [4.78, 5) is 0. The molecule has 0 atom stereocenters. The zero-order chi connectivity index (χ0) is 26.2. The standard InChI is InChI=1S/C38H24N2/c1-3-15-27-25(11-1)13-9-21-33(27)39-35-19-7-5-17-29(35)31-23-32-30-18-6-8-20-36(30)40(38(32)24-37(31)39)34-22-10-14-26-12-2-4-16-28(26)34/h1-24H. The maximum Gasteiger partial charge on any atom is 0.0562 e. The van der Waals surface area contributed by atoms with Crippen molar-refractivity contribution in [3.05, 3.63) is 146 Å². The lowest BCUT2D eigenvalue weighted by atomic mass is 10.1. The van der Waals surface area contributed by atoms with Crippen molar-refractivity contribution in [2.75, 3.05) is 0 Å². The van der Waals surface area contributed by atoms with Gasteiger partial charge < -0.3 is 9.13 Å². The normalized spacial score (nSPS) is 12.0. The van der Waals surface area contributed by atoms with Crippen LogP contribution in [0, 0.1) is 0 Å². The van der Waals surface area contributed by atoms with E-state index in [-0.39, 0.29) is 0 Å². The molecule has 40 heavy (non-hydrogen) atoms. The minimum Gasteiger partial charge on any atom is -0.309 e. The molecule has 0 aliphatic heterocycles. The number of rotatable bonds is 2. The molecule has 2 nitrogen and oxygen atoms in total. The van der Waals surface area contributed by atoms with Gasteiger partial charge >= 0.3 is 0 Å². The molecule has 0 radical (unpaired) electrons. The summed E-state index contributed by atoms with van der Waals surface area (Å²) < 4.78 is 4.91. The predicted molar refractivity (Wildman–Crippen MR) is 170 cm³/mol. The molecular formula is C38H24N2. The molecule has 2 heteroatoms. The number of para-hydroxylation sites is 2. The van der Waals surface area contributed by atoms with Crippen molar-refractivity contribution in [1.82, 2.24) is 9.13 Å². The molecule has 9 rings (SSSR count). The SMILES string of the molecule is c1ccc2c(-n3c4ccccc4c4cc5c6ccccc6n(-c6cccc7ccccc67)c5cc43)cccc2c1. The molecule has 0 spiro atoms. The van der Waals surface area contributed by atoms with Crippen molar-refractivity contribution in [1.29, 1.82) is 0 Å². The molecule has 0 fully saturated rings. The predicted octanol–water partition coefficient (Wildman–Crippen LogP) is 10.2. The fraction of sp³-hybridized carbons (Fsp3) is 0. The van der Waals surface area contributed by atoms with Crippen LogP contribution in [0.15, 0.2) is 146 Å². The molecule has 2 heterocycles. The number of aromatic nitrogens is 2. The molecule has 0 saturated heterocycles. The van der Waals surface area contributed by atoms with Crippen LogP contribution in [0.1, 0.15) is 0 Å². The fourth-order valence-electron chi connectivity index (χ4n) is 6.76. The third-order valence-corrected chi connectivity index (χ3v) is 8.48. The van der Waals surface area contributed by atoms with Gasteiger partial charge in [-0.25, -0.2) is 0 Å². The van der Waals surface area contributed by atoms with Gasteiger partial charge in [0.1, 0.15) is 0 Å². The van der Waals surface area contributed by atoms with E-state index in [1.54, 1.807) is 0 Å². The van der Waals surface area contributed by atoms with Crippen LogP contribution in [0.25, 0.3) is 76.5 Å². The smallest absolute Gasteiger partial charge is 0.0562 e. The van der Waals surface area contributed by atoms with Crippen LogP contribution in [0.5, 0.6) is 0 Å². The zero-order valence-corrected chi connectivity index (χ0v) is 21.8. The molecule has 0 unspecified atom stereocenters. The molecule has 7 aromatic carbocycles. The number of hydrogen-bond donors (Lipinski definition) is 0.